The standard InChI is InChI=1S/C22H32N2/c1-16-10-8-9-13-20(16)24-17(2)21-22(4,14-15-23(21)18(24)3)19-11-6-5-7-12-19/h8-10,13-15,17-19,21H,5-7,11-12H2,1-4H3/t17-,18?,21?,22?/m0/s1/i3D3. The van der Waals surface area contributed by atoms with Crippen LogP contribution in [-0.2, 0) is 0 Å². The van der Waals surface area contributed by atoms with Gasteiger partial charge in [-0.1, -0.05) is 50.5 Å². The van der Waals surface area contributed by atoms with E-state index in [9.17, 15) is 0 Å². The number of benzene rings is 1. The summed E-state index contributed by atoms with van der Waals surface area (Å²) < 4.78 is 24.9. The molecule has 2 heteroatoms. The van der Waals surface area contributed by atoms with E-state index in [1.165, 1.54) is 32.1 Å². The van der Waals surface area contributed by atoms with Crippen molar-refractivity contribution in [2.24, 2.45) is 11.3 Å². The zero-order valence-corrected chi connectivity index (χ0v) is 15.2. The predicted octanol–water partition coefficient (Wildman–Crippen LogP) is 5.33. The molecule has 4 rings (SSSR count). The van der Waals surface area contributed by atoms with Gasteiger partial charge >= 0.3 is 0 Å². The van der Waals surface area contributed by atoms with E-state index < -0.39 is 13.0 Å². The lowest BCUT2D eigenvalue weighted by Crippen LogP contribution is -2.46. The monoisotopic (exact) mass is 327 g/mol. The van der Waals surface area contributed by atoms with Crippen molar-refractivity contribution in [2.75, 3.05) is 4.90 Å². The number of rotatable bonds is 2. The Morgan fingerprint density at radius 2 is 1.92 bits per heavy atom. The van der Waals surface area contributed by atoms with E-state index in [0.29, 0.717) is 5.92 Å². The lowest BCUT2D eigenvalue weighted by atomic mass is 9.65. The van der Waals surface area contributed by atoms with Crippen LogP contribution in [0.25, 0.3) is 0 Å². The molecule has 0 bridgehead atoms. The molecule has 0 radical (unpaired) electrons. The smallest absolute Gasteiger partial charge is 0.0989 e. The zero-order chi connectivity index (χ0) is 19.4. The molecule has 1 aromatic rings. The average Bonchev–Trinajstić information content (AvgIpc) is 3.13. The highest BCUT2D eigenvalue weighted by molar-refractivity contribution is 5.56. The maximum atomic E-state index is 8.31. The van der Waals surface area contributed by atoms with Crippen molar-refractivity contribution in [3.8, 4) is 0 Å². The Balaban J connectivity index is 1.77. The summed E-state index contributed by atoms with van der Waals surface area (Å²) in [6.45, 7) is 4.62. The second kappa shape index (κ2) is 5.82. The summed E-state index contributed by atoms with van der Waals surface area (Å²) in [6.07, 6.45) is 10.3. The number of anilines is 1. The first-order chi connectivity index (χ1) is 12.7. The molecule has 0 amide bonds. The molecule has 2 nitrogen and oxygen atoms in total. The second-order valence-corrected chi connectivity index (χ2v) is 8.22. The summed E-state index contributed by atoms with van der Waals surface area (Å²) in [5, 5.41) is 0. The maximum Gasteiger partial charge on any atom is 0.0989 e. The predicted molar refractivity (Wildman–Crippen MR) is 102 cm³/mol. The van der Waals surface area contributed by atoms with Crippen LogP contribution in [0.5, 0.6) is 0 Å². The van der Waals surface area contributed by atoms with Crippen LogP contribution in [0.4, 0.5) is 5.69 Å². The topological polar surface area (TPSA) is 6.48 Å². The Morgan fingerprint density at radius 1 is 1.17 bits per heavy atom. The van der Waals surface area contributed by atoms with Crippen molar-refractivity contribution in [2.45, 2.75) is 78.0 Å². The highest BCUT2D eigenvalue weighted by Crippen LogP contribution is 2.52. The quantitative estimate of drug-likeness (QED) is 0.724. The van der Waals surface area contributed by atoms with Crippen LogP contribution in [0.15, 0.2) is 36.5 Å². The minimum Gasteiger partial charge on any atom is -0.352 e. The van der Waals surface area contributed by atoms with Crippen LogP contribution < -0.4 is 4.90 Å². The van der Waals surface area contributed by atoms with Crippen LogP contribution in [0.3, 0.4) is 0 Å². The molecule has 2 heterocycles. The van der Waals surface area contributed by atoms with E-state index in [1.54, 1.807) is 0 Å². The van der Waals surface area contributed by atoms with Gasteiger partial charge in [-0.3, -0.25) is 0 Å². The molecule has 0 N–H and O–H groups in total. The van der Waals surface area contributed by atoms with Crippen molar-refractivity contribution in [3.63, 3.8) is 0 Å². The lowest BCUT2D eigenvalue weighted by Gasteiger charge is -2.42. The summed E-state index contributed by atoms with van der Waals surface area (Å²) in [5.41, 5.74) is 2.24. The van der Waals surface area contributed by atoms with Gasteiger partial charge in [-0.25, -0.2) is 0 Å². The van der Waals surface area contributed by atoms with Crippen molar-refractivity contribution < 1.29 is 4.11 Å². The number of aryl methyl sites for hydroxylation is 1. The fourth-order valence-electron chi connectivity index (χ4n) is 5.59. The molecule has 2 aliphatic heterocycles. The average molecular weight is 328 g/mol. The van der Waals surface area contributed by atoms with Gasteiger partial charge in [-0.2, -0.15) is 0 Å². The van der Waals surface area contributed by atoms with Crippen molar-refractivity contribution in [1.29, 1.82) is 0 Å². The third-order valence-corrected chi connectivity index (χ3v) is 6.88. The molecule has 3 aliphatic rings. The fourth-order valence-corrected chi connectivity index (χ4v) is 5.59. The minimum absolute atomic E-state index is 0.0424. The largest absolute Gasteiger partial charge is 0.352 e. The van der Waals surface area contributed by atoms with Crippen molar-refractivity contribution in [3.05, 3.63) is 42.1 Å². The number of hydrogen-bond donors (Lipinski definition) is 0. The van der Waals surface area contributed by atoms with E-state index >= 15 is 0 Å². The number of para-hydroxylation sites is 1. The van der Waals surface area contributed by atoms with E-state index in [-0.39, 0.29) is 17.5 Å². The number of hydrogen-bond acceptors (Lipinski definition) is 2. The molecule has 130 valence electrons. The van der Waals surface area contributed by atoms with Crippen LogP contribution >= 0.6 is 0 Å². The van der Waals surface area contributed by atoms with Gasteiger partial charge in [0, 0.05) is 21.3 Å². The second-order valence-electron chi connectivity index (χ2n) is 8.22. The van der Waals surface area contributed by atoms with E-state index in [4.69, 9.17) is 4.11 Å². The molecule has 1 saturated heterocycles. The van der Waals surface area contributed by atoms with Gasteiger partial charge in [-0.05, 0) is 57.3 Å². The number of nitrogens with zero attached hydrogens (tertiary/aromatic N) is 2. The van der Waals surface area contributed by atoms with Crippen LogP contribution in [0.2, 0.25) is 0 Å². The molecule has 4 atom stereocenters. The first-order valence-electron chi connectivity index (χ1n) is 11.1. The summed E-state index contributed by atoms with van der Waals surface area (Å²) in [4.78, 5) is 4.34. The molecular weight excluding hydrogens is 292 g/mol. The summed E-state index contributed by atoms with van der Waals surface area (Å²) in [7, 11) is 0. The molecule has 0 aromatic heterocycles. The molecule has 1 saturated carbocycles. The Kier molecular flexibility index (Phi) is 3.12. The van der Waals surface area contributed by atoms with Gasteiger partial charge in [0.15, 0.2) is 0 Å². The van der Waals surface area contributed by atoms with E-state index in [2.05, 4.69) is 55.0 Å². The van der Waals surface area contributed by atoms with Gasteiger partial charge in [0.05, 0.1) is 12.2 Å². The van der Waals surface area contributed by atoms with Crippen molar-refractivity contribution >= 4 is 5.69 Å². The molecular formula is C22H32N2. The van der Waals surface area contributed by atoms with Crippen LogP contribution in [0.1, 0.15) is 62.5 Å². The Labute approximate surface area is 151 Å². The van der Waals surface area contributed by atoms with Crippen LogP contribution in [0, 0.1) is 18.3 Å². The summed E-state index contributed by atoms with van der Waals surface area (Å²) >= 11 is 0. The Morgan fingerprint density at radius 3 is 2.62 bits per heavy atom. The lowest BCUT2D eigenvalue weighted by molar-refractivity contribution is 0.106. The first kappa shape index (κ1) is 12.9. The molecule has 2 fully saturated rings. The van der Waals surface area contributed by atoms with Gasteiger partial charge in [0.1, 0.15) is 0 Å². The maximum absolute atomic E-state index is 8.31. The van der Waals surface area contributed by atoms with Gasteiger partial charge in [-0.15, -0.1) is 0 Å². The summed E-state index contributed by atoms with van der Waals surface area (Å²) in [6, 6.07) is 8.57. The zero-order valence-electron chi connectivity index (χ0n) is 18.2. The third kappa shape index (κ3) is 2.22. The van der Waals surface area contributed by atoms with E-state index in [1.807, 2.05) is 12.1 Å². The highest BCUT2D eigenvalue weighted by Gasteiger charge is 2.55. The minimum atomic E-state index is -2.06. The molecule has 1 aromatic carbocycles. The van der Waals surface area contributed by atoms with Crippen molar-refractivity contribution in [1.82, 2.24) is 4.90 Å². The fraction of sp³-hybridized carbons (Fsp3) is 0.636. The molecule has 3 unspecified atom stereocenters. The normalized spacial score (nSPS) is 38.8. The SMILES string of the molecule is [2H]C([2H])([2H])C1N2C=CC(C)(C3CCCCC3)C2[C@H](C)N1c1ccccc1C. The third-order valence-electron chi connectivity index (χ3n) is 6.88. The highest BCUT2D eigenvalue weighted by atomic mass is 15.5. The van der Waals surface area contributed by atoms with Gasteiger partial charge in [0.25, 0.3) is 0 Å². The molecule has 1 aliphatic carbocycles. The first-order valence-corrected chi connectivity index (χ1v) is 9.56. The van der Waals surface area contributed by atoms with Gasteiger partial charge < -0.3 is 9.80 Å². The van der Waals surface area contributed by atoms with Crippen LogP contribution in [-0.4, -0.2) is 23.1 Å². The Bertz CT molecular complexity index is 723. The Hall–Kier alpha value is -1.44. The van der Waals surface area contributed by atoms with Gasteiger partial charge in [0.2, 0.25) is 0 Å². The van der Waals surface area contributed by atoms with E-state index in [0.717, 1.165) is 11.3 Å². The summed E-state index contributed by atoms with van der Waals surface area (Å²) in [5.74, 6) is 0.647. The number of fused-ring (bicyclic) bond motifs is 1. The molecule has 0 spiro atoms. The molecule has 24 heavy (non-hydrogen) atoms.